The summed E-state index contributed by atoms with van der Waals surface area (Å²) in [7, 11) is -1.85. The van der Waals surface area contributed by atoms with Gasteiger partial charge in [-0.25, -0.2) is 13.4 Å². The van der Waals surface area contributed by atoms with E-state index in [4.69, 9.17) is 0 Å². The quantitative estimate of drug-likeness (QED) is 0.862. The van der Waals surface area contributed by atoms with Crippen LogP contribution in [-0.4, -0.2) is 24.8 Å². The first kappa shape index (κ1) is 15.6. The number of aromatic nitrogens is 1. The van der Waals surface area contributed by atoms with Gasteiger partial charge in [0.15, 0.2) is 0 Å². The normalized spacial score (nSPS) is 13.9. The molecule has 20 heavy (non-hydrogen) atoms. The molecule has 2 aromatic rings. The lowest BCUT2D eigenvalue weighted by atomic mass is 10.2. The van der Waals surface area contributed by atoms with Gasteiger partial charge >= 0.3 is 0 Å². The van der Waals surface area contributed by atoms with Crippen molar-refractivity contribution in [1.82, 2.24) is 9.29 Å². The van der Waals surface area contributed by atoms with Crippen LogP contribution in [0.4, 0.5) is 0 Å². The van der Waals surface area contributed by atoms with Gasteiger partial charge in [-0.05, 0) is 44.7 Å². The molecule has 1 unspecified atom stereocenters. The summed E-state index contributed by atoms with van der Waals surface area (Å²) < 4.78 is 27.1. The van der Waals surface area contributed by atoms with Gasteiger partial charge in [-0.1, -0.05) is 0 Å². The minimum absolute atomic E-state index is 0.272. The van der Waals surface area contributed by atoms with E-state index in [0.717, 1.165) is 21.1 Å². The number of sulfonamides is 1. The molecule has 0 radical (unpaired) electrons. The highest BCUT2D eigenvalue weighted by Crippen LogP contribution is 2.32. The molecule has 4 nitrogen and oxygen atoms in total. The summed E-state index contributed by atoms with van der Waals surface area (Å²) in [6, 6.07) is 1.56. The molecule has 2 aromatic heterocycles. The largest absolute Gasteiger partial charge is 0.253 e. The number of rotatable bonds is 4. The molecule has 2 heterocycles. The summed E-state index contributed by atoms with van der Waals surface area (Å²) in [5, 5.41) is 2.77. The average molecular weight is 331 g/mol. The molecule has 0 aliphatic rings. The van der Waals surface area contributed by atoms with Crippen LogP contribution < -0.4 is 0 Å². The Kier molecular flexibility index (Phi) is 4.34. The van der Waals surface area contributed by atoms with Gasteiger partial charge in [0.25, 0.3) is 10.0 Å². The van der Waals surface area contributed by atoms with Crippen LogP contribution in [0.15, 0.2) is 15.7 Å². The molecule has 0 saturated heterocycles. The molecule has 7 heteroatoms. The first-order chi connectivity index (χ1) is 9.25. The van der Waals surface area contributed by atoms with Gasteiger partial charge in [-0.15, -0.1) is 22.7 Å². The van der Waals surface area contributed by atoms with Crippen LogP contribution in [0.2, 0.25) is 0 Å². The van der Waals surface area contributed by atoms with Gasteiger partial charge in [0.1, 0.15) is 4.21 Å². The van der Waals surface area contributed by atoms with Crippen molar-refractivity contribution < 1.29 is 8.42 Å². The summed E-state index contributed by atoms with van der Waals surface area (Å²) in [5.41, 5.74) is 1.63. The molecule has 2 rings (SSSR count). The number of nitrogens with zero attached hydrogens (tertiary/aromatic N) is 2. The van der Waals surface area contributed by atoms with Crippen molar-refractivity contribution in [3.05, 3.63) is 32.6 Å². The van der Waals surface area contributed by atoms with Gasteiger partial charge in [-0.2, -0.15) is 4.31 Å². The van der Waals surface area contributed by atoms with E-state index in [9.17, 15) is 8.42 Å². The Morgan fingerprint density at radius 2 is 1.95 bits per heavy atom. The molecule has 0 fully saturated rings. The Morgan fingerprint density at radius 3 is 2.40 bits per heavy atom. The fourth-order valence-electron chi connectivity index (χ4n) is 2.07. The predicted molar refractivity (Wildman–Crippen MR) is 84.0 cm³/mol. The number of hydrogen-bond acceptors (Lipinski definition) is 5. The van der Waals surface area contributed by atoms with Crippen LogP contribution in [-0.2, 0) is 10.0 Å². The molecule has 0 saturated carbocycles. The van der Waals surface area contributed by atoms with Crippen LogP contribution >= 0.6 is 22.7 Å². The lowest BCUT2D eigenvalue weighted by Gasteiger charge is -2.23. The molecule has 0 spiro atoms. The van der Waals surface area contributed by atoms with E-state index in [0.29, 0.717) is 4.21 Å². The molecular formula is C13H18N2O2S3. The summed E-state index contributed by atoms with van der Waals surface area (Å²) in [4.78, 5) is 5.53. The number of thiophene rings is 1. The zero-order valence-corrected chi connectivity index (χ0v) is 14.6. The van der Waals surface area contributed by atoms with Gasteiger partial charge in [0.05, 0.1) is 16.7 Å². The van der Waals surface area contributed by atoms with E-state index >= 15 is 0 Å². The zero-order chi connectivity index (χ0) is 15.1. The SMILES string of the molecule is Cc1nc(C(C)N(C)S(=O)(=O)c2sccc2C)c(C)s1. The van der Waals surface area contributed by atoms with Crippen LogP contribution in [0, 0.1) is 20.8 Å². The second-order valence-corrected chi connectivity index (χ2v) is 9.28. The minimum Gasteiger partial charge on any atom is -0.245 e. The fraction of sp³-hybridized carbons (Fsp3) is 0.462. The average Bonchev–Trinajstić information content (AvgIpc) is 2.93. The van der Waals surface area contributed by atoms with Crippen molar-refractivity contribution in [3.63, 3.8) is 0 Å². The maximum absolute atomic E-state index is 12.7. The molecule has 0 bridgehead atoms. The highest BCUT2D eigenvalue weighted by Gasteiger charge is 2.30. The van der Waals surface area contributed by atoms with Gasteiger partial charge in [0.2, 0.25) is 0 Å². The second-order valence-electron chi connectivity index (χ2n) is 4.76. The minimum atomic E-state index is -3.46. The third-order valence-corrected chi connectivity index (χ3v) is 7.80. The fourth-order valence-corrected chi connectivity index (χ4v) is 5.88. The van der Waals surface area contributed by atoms with Crippen LogP contribution in [0.1, 0.15) is 34.1 Å². The number of hydrogen-bond donors (Lipinski definition) is 0. The Balaban J connectivity index is 2.38. The zero-order valence-electron chi connectivity index (χ0n) is 12.2. The maximum Gasteiger partial charge on any atom is 0.253 e. The van der Waals surface area contributed by atoms with E-state index in [1.165, 1.54) is 15.6 Å². The first-order valence-corrected chi connectivity index (χ1v) is 9.34. The Labute approximate surface area is 128 Å². The van der Waals surface area contributed by atoms with Crippen molar-refractivity contribution in [3.8, 4) is 0 Å². The monoisotopic (exact) mass is 330 g/mol. The van der Waals surface area contributed by atoms with E-state index in [1.807, 2.05) is 33.8 Å². The van der Waals surface area contributed by atoms with Crippen molar-refractivity contribution in [2.45, 2.75) is 37.9 Å². The van der Waals surface area contributed by atoms with Gasteiger partial charge in [-0.3, -0.25) is 0 Å². The van der Waals surface area contributed by atoms with Crippen molar-refractivity contribution in [1.29, 1.82) is 0 Å². The van der Waals surface area contributed by atoms with Gasteiger partial charge in [0, 0.05) is 11.9 Å². The molecule has 110 valence electrons. The van der Waals surface area contributed by atoms with E-state index in [-0.39, 0.29) is 6.04 Å². The molecule has 0 amide bonds. The van der Waals surface area contributed by atoms with Crippen LogP contribution in [0.3, 0.4) is 0 Å². The van der Waals surface area contributed by atoms with Crippen LogP contribution in [0.5, 0.6) is 0 Å². The molecule has 0 aromatic carbocycles. The van der Waals surface area contributed by atoms with E-state index in [1.54, 1.807) is 23.8 Å². The Morgan fingerprint density at radius 1 is 1.30 bits per heavy atom. The van der Waals surface area contributed by atoms with Crippen molar-refractivity contribution >= 4 is 32.7 Å². The van der Waals surface area contributed by atoms with Gasteiger partial charge < -0.3 is 0 Å². The highest BCUT2D eigenvalue weighted by atomic mass is 32.2. The van der Waals surface area contributed by atoms with E-state index < -0.39 is 10.0 Å². The van der Waals surface area contributed by atoms with Crippen LogP contribution in [0.25, 0.3) is 0 Å². The number of thiazole rings is 1. The topological polar surface area (TPSA) is 50.3 Å². The standard InChI is InChI=1S/C13H18N2O2S3/c1-8-6-7-18-13(8)20(16,17)15(5)9(2)12-10(3)19-11(4)14-12/h6-7,9H,1-5H3. The summed E-state index contributed by atoms with van der Waals surface area (Å²) in [6.45, 7) is 7.61. The summed E-state index contributed by atoms with van der Waals surface area (Å²) in [5.74, 6) is 0. The smallest absolute Gasteiger partial charge is 0.245 e. The third-order valence-electron chi connectivity index (χ3n) is 3.31. The van der Waals surface area contributed by atoms with Crippen molar-refractivity contribution in [2.75, 3.05) is 7.05 Å². The molecular weight excluding hydrogens is 312 g/mol. The molecule has 0 aliphatic heterocycles. The second kappa shape index (κ2) is 5.55. The lowest BCUT2D eigenvalue weighted by Crippen LogP contribution is -2.30. The summed E-state index contributed by atoms with van der Waals surface area (Å²) in [6.07, 6.45) is 0. The van der Waals surface area contributed by atoms with Crippen molar-refractivity contribution in [2.24, 2.45) is 0 Å². The maximum atomic E-state index is 12.7. The first-order valence-electron chi connectivity index (χ1n) is 6.21. The third kappa shape index (κ3) is 2.67. The Bertz CT molecular complexity index is 716. The highest BCUT2D eigenvalue weighted by molar-refractivity contribution is 7.91. The Hall–Kier alpha value is -0.760. The predicted octanol–water partition coefficient (Wildman–Crippen LogP) is 3.51. The summed E-state index contributed by atoms with van der Waals surface area (Å²) >= 11 is 2.86. The molecule has 1 atom stereocenters. The van der Waals surface area contributed by atoms with E-state index in [2.05, 4.69) is 4.98 Å². The molecule has 0 aliphatic carbocycles. The number of aryl methyl sites for hydroxylation is 3. The molecule has 0 N–H and O–H groups in total. The lowest BCUT2D eigenvalue weighted by molar-refractivity contribution is 0.392.